The first-order chi connectivity index (χ1) is 9.83. The molecule has 0 bridgehead atoms. The molecule has 1 aromatic rings. The number of nitrogens with one attached hydrogen (secondary N) is 1. The van der Waals surface area contributed by atoms with E-state index in [2.05, 4.69) is 36.5 Å². The zero-order valence-electron chi connectivity index (χ0n) is 12.3. The quantitative estimate of drug-likeness (QED) is 0.830. The summed E-state index contributed by atoms with van der Waals surface area (Å²) in [7, 11) is 0. The molecule has 0 radical (unpaired) electrons. The standard InChI is InChI=1S/C17H25NO2/c1-13-5-2-3-7-16(13)17(11-18-14-8-9-14)20-12-15-6-4-10-19-15/h2-3,5,7,14-15,17-18H,4,6,8-12H2,1H3. The molecule has 1 aliphatic heterocycles. The van der Waals surface area contributed by atoms with Crippen molar-refractivity contribution in [1.82, 2.24) is 5.32 Å². The van der Waals surface area contributed by atoms with Gasteiger partial charge in [0.1, 0.15) is 0 Å². The Balaban J connectivity index is 1.60. The van der Waals surface area contributed by atoms with E-state index in [9.17, 15) is 0 Å². The Kier molecular flexibility index (Phi) is 4.71. The van der Waals surface area contributed by atoms with Crippen LogP contribution in [0.15, 0.2) is 24.3 Å². The van der Waals surface area contributed by atoms with Gasteiger partial charge in [-0.15, -0.1) is 0 Å². The normalized spacial score (nSPS) is 23.9. The van der Waals surface area contributed by atoms with Gasteiger partial charge in [-0.3, -0.25) is 0 Å². The van der Waals surface area contributed by atoms with Gasteiger partial charge in [0.05, 0.1) is 18.8 Å². The second kappa shape index (κ2) is 6.70. The van der Waals surface area contributed by atoms with Gasteiger partial charge in [0.25, 0.3) is 0 Å². The van der Waals surface area contributed by atoms with Crippen molar-refractivity contribution >= 4 is 0 Å². The summed E-state index contributed by atoms with van der Waals surface area (Å²) in [4.78, 5) is 0. The van der Waals surface area contributed by atoms with Crippen LogP contribution in [0.3, 0.4) is 0 Å². The van der Waals surface area contributed by atoms with Crippen LogP contribution in [-0.4, -0.2) is 31.9 Å². The molecular weight excluding hydrogens is 250 g/mol. The van der Waals surface area contributed by atoms with Gasteiger partial charge < -0.3 is 14.8 Å². The molecule has 2 atom stereocenters. The maximum Gasteiger partial charge on any atom is 0.0953 e. The van der Waals surface area contributed by atoms with Gasteiger partial charge >= 0.3 is 0 Å². The molecule has 3 rings (SSSR count). The Morgan fingerprint density at radius 3 is 2.85 bits per heavy atom. The zero-order valence-corrected chi connectivity index (χ0v) is 12.3. The smallest absolute Gasteiger partial charge is 0.0953 e. The van der Waals surface area contributed by atoms with Crippen molar-refractivity contribution in [3.63, 3.8) is 0 Å². The molecule has 2 unspecified atom stereocenters. The van der Waals surface area contributed by atoms with E-state index in [4.69, 9.17) is 9.47 Å². The van der Waals surface area contributed by atoms with Crippen molar-refractivity contribution in [2.45, 2.75) is 50.9 Å². The van der Waals surface area contributed by atoms with Crippen LogP contribution >= 0.6 is 0 Å². The van der Waals surface area contributed by atoms with Crippen molar-refractivity contribution < 1.29 is 9.47 Å². The summed E-state index contributed by atoms with van der Waals surface area (Å²) in [6.45, 7) is 4.67. The van der Waals surface area contributed by atoms with Crippen LogP contribution in [-0.2, 0) is 9.47 Å². The third kappa shape index (κ3) is 3.81. The third-order valence-electron chi connectivity index (χ3n) is 4.21. The second-order valence-electron chi connectivity index (χ2n) is 6.00. The lowest BCUT2D eigenvalue weighted by Crippen LogP contribution is -2.28. The first kappa shape index (κ1) is 14.1. The summed E-state index contributed by atoms with van der Waals surface area (Å²) >= 11 is 0. The first-order valence-corrected chi connectivity index (χ1v) is 7.85. The Hall–Kier alpha value is -0.900. The number of benzene rings is 1. The highest BCUT2D eigenvalue weighted by Crippen LogP contribution is 2.25. The van der Waals surface area contributed by atoms with Crippen LogP contribution < -0.4 is 5.32 Å². The number of aryl methyl sites for hydroxylation is 1. The Bertz CT molecular complexity index is 425. The number of hydrogen-bond acceptors (Lipinski definition) is 3. The second-order valence-corrected chi connectivity index (χ2v) is 6.00. The molecule has 3 nitrogen and oxygen atoms in total. The Morgan fingerprint density at radius 1 is 1.30 bits per heavy atom. The van der Waals surface area contributed by atoms with E-state index in [0.717, 1.165) is 19.6 Å². The molecule has 2 fully saturated rings. The Labute approximate surface area is 121 Å². The van der Waals surface area contributed by atoms with Crippen molar-refractivity contribution in [3.8, 4) is 0 Å². The molecule has 0 amide bonds. The summed E-state index contributed by atoms with van der Waals surface area (Å²) in [5, 5.41) is 3.59. The largest absolute Gasteiger partial charge is 0.376 e. The van der Waals surface area contributed by atoms with Crippen molar-refractivity contribution in [1.29, 1.82) is 0 Å². The van der Waals surface area contributed by atoms with Crippen LogP contribution in [0.2, 0.25) is 0 Å². The monoisotopic (exact) mass is 275 g/mol. The topological polar surface area (TPSA) is 30.5 Å². The van der Waals surface area contributed by atoms with E-state index < -0.39 is 0 Å². The summed E-state index contributed by atoms with van der Waals surface area (Å²) in [6.07, 6.45) is 5.36. The van der Waals surface area contributed by atoms with E-state index in [1.165, 1.54) is 30.4 Å². The number of ether oxygens (including phenoxy) is 2. The maximum atomic E-state index is 6.18. The number of rotatable bonds is 7. The summed E-state index contributed by atoms with van der Waals surface area (Å²) in [6, 6.07) is 9.25. The highest BCUT2D eigenvalue weighted by molar-refractivity contribution is 5.28. The van der Waals surface area contributed by atoms with E-state index >= 15 is 0 Å². The minimum absolute atomic E-state index is 0.140. The average Bonchev–Trinajstić information content (AvgIpc) is 3.14. The van der Waals surface area contributed by atoms with Gasteiger partial charge in [-0.2, -0.15) is 0 Å². The SMILES string of the molecule is Cc1ccccc1C(CNC1CC1)OCC1CCCO1. The van der Waals surface area contributed by atoms with Crippen LogP contribution in [0.25, 0.3) is 0 Å². The van der Waals surface area contributed by atoms with Crippen LogP contribution in [0.5, 0.6) is 0 Å². The lowest BCUT2D eigenvalue weighted by molar-refractivity contribution is -0.0212. The highest BCUT2D eigenvalue weighted by Gasteiger charge is 2.24. The van der Waals surface area contributed by atoms with Crippen LogP contribution in [0.1, 0.15) is 42.9 Å². The minimum Gasteiger partial charge on any atom is -0.376 e. The molecule has 1 aromatic carbocycles. The highest BCUT2D eigenvalue weighted by atomic mass is 16.5. The predicted octanol–water partition coefficient (Wildman–Crippen LogP) is 2.98. The molecule has 1 aliphatic carbocycles. The maximum absolute atomic E-state index is 6.18. The fourth-order valence-electron chi connectivity index (χ4n) is 2.77. The molecule has 1 N–H and O–H groups in total. The number of hydrogen-bond donors (Lipinski definition) is 1. The lowest BCUT2D eigenvalue weighted by Gasteiger charge is -2.22. The average molecular weight is 275 g/mol. The lowest BCUT2D eigenvalue weighted by atomic mass is 10.0. The van der Waals surface area contributed by atoms with E-state index in [1.807, 2.05) is 0 Å². The van der Waals surface area contributed by atoms with Gasteiger partial charge in [0.15, 0.2) is 0 Å². The molecule has 1 saturated heterocycles. The zero-order chi connectivity index (χ0) is 13.8. The first-order valence-electron chi connectivity index (χ1n) is 7.85. The fraction of sp³-hybridized carbons (Fsp3) is 0.647. The third-order valence-corrected chi connectivity index (χ3v) is 4.21. The molecule has 110 valence electrons. The molecule has 1 saturated carbocycles. The van der Waals surface area contributed by atoms with Crippen LogP contribution in [0, 0.1) is 6.92 Å². The van der Waals surface area contributed by atoms with Crippen molar-refractivity contribution in [3.05, 3.63) is 35.4 Å². The Morgan fingerprint density at radius 2 is 2.15 bits per heavy atom. The van der Waals surface area contributed by atoms with Crippen molar-refractivity contribution in [2.24, 2.45) is 0 Å². The molecule has 20 heavy (non-hydrogen) atoms. The van der Waals surface area contributed by atoms with E-state index in [0.29, 0.717) is 18.8 Å². The fourth-order valence-corrected chi connectivity index (χ4v) is 2.77. The molecule has 2 aliphatic rings. The van der Waals surface area contributed by atoms with Gasteiger partial charge in [-0.1, -0.05) is 24.3 Å². The van der Waals surface area contributed by atoms with Crippen LogP contribution in [0.4, 0.5) is 0 Å². The predicted molar refractivity (Wildman–Crippen MR) is 79.9 cm³/mol. The van der Waals surface area contributed by atoms with Crippen molar-refractivity contribution in [2.75, 3.05) is 19.8 Å². The molecule has 1 heterocycles. The summed E-state index contributed by atoms with van der Waals surface area (Å²) in [5.74, 6) is 0. The molecule has 3 heteroatoms. The van der Waals surface area contributed by atoms with E-state index in [-0.39, 0.29) is 6.10 Å². The molecular formula is C17H25NO2. The van der Waals surface area contributed by atoms with Gasteiger partial charge in [-0.25, -0.2) is 0 Å². The molecule has 0 aromatic heterocycles. The van der Waals surface area contributed by atoms with E-state index in [1.54, 1.807) is 0 Å². The molecule has 0 spiro atoms. The minimum atomic E-state index is 0.140. The van der Waals surface area contributed by atoms with Gasteiger partial charge in [0, 0.05) is 19.2 Å². The summed E-state index contributed by atoms with van der Waals surface area (Å²) < 4.78 is 11.8. The summed E-state index contributed by atoms with van der Waals surface area (Å²) in [5.41, 5.74) is 2.61. The van der Waals surface area contributed by atoms with Gasteiger partial charge in [0.2, 0.25) is 0 Å². The van der Waals surface area contributed by atoms with Gasteiger partial charge in [-0.05, 0) is 43.7 Å².